The number of esters is 1. The van der Waals surface area contributed by atoms with Crippen molar-refractivity contribution in [3.63, 3.8) is 0 Å². The van der Waals surface area contributed by atoms with E-state index in [0.29, 0.717) is 6.61 Å². The van der Waals surface area contributed by atoms with Crippen molar-refractivity contribution < 1.29 is 9.53 Å². The van der Waals surface area contributed by atoms with Gasteiger partial charge in [-0.05, 0) is 18.6 Å². The highest BCUT2D eigenvalue weighted by molar-refractivity contribution is 5.81. The zero-order valence-corrected chi connectivity index (χ0v) is 8.07. The van der Waals surface area contributed by atoms with Crippen LogP contribution in [0.4, 0.5) is 0 Å². The molecule has 0 bridgehead atoms. The summed E-state index contributed by atoms with van der Waals surface area (Å²) in [5.41, 5.74) is 3.64. The molecule has 0 atom stereocenters. The largest absolute Gasteiger partial charge is 0.457 e. The molecule has 0 aliphatic carbocycles. The lowest BCUT2D eigenvalue weighted by atomic mass is 10.2. The van der Waals surface area contributed by atoms with Crippen LogP contribution in [0.5, 0.6) is 0 Å². The van der Waals surface area contributed by atoms with Crippen molar-refractivity contribution in [1.29, 1.82) is 0 Å². The molecule has 72 valence electrons. The first-order chi connectivity index (χ1) is 6.83. The first kappa shape index (κ1) is 10.3. The molecule has 1 rings (SSSR count). The Hall–Kier alpha value is -1.79. The van der Waals surface area contributed by atoms with E-state index >= 15 is 0 Å². The van der Waals surface area contributed by atoms with E-state index in [1.807, 2.05) is 30.3 Å². The number of hydrogen-bond donors (Lipinski definition) is 0. The predicted octanol–water partition coefficient (Wildman–Crippen LogP) is 2.46. The minimum atomic E-state index is -0.369. The van der Waals surface area contributed by atoms with Gasteiger partial charge in [0, 0.05) is 0 Å². The minimum Gasteiger partial charge on any atom is -0.457 e. The van der Waals surface area contributed by atoms with Gasteiger partial charge in [-0.25, -0.2) is 4.79 Å². The Morgan fingerprint density at radius 3 is 2.79 bits per heavy atom. The fourth-order valence-corrected chi connectivity index (χ4v) is 0.922. The highest BCUT2D eigenvalue weighted by Crippen LogP contribution is 2.00. The molecule has 1 aromatic carbocycles. The summed E-state index contributed by atoms with van der Waals surface area (Å²) < 4.78 is 4.95. The van der Waals surface area contributed by atoms with Gasteiger partial charge in [0.15, 0.2) is 0 Å². The highest BCUT2D eigenvalue weighted by Gasteiger charge is 1.96. The maximum absolute atomic E-state index is 11.0. The summed E-state index contributed by atoms with van der Waals surface area (Å²) in [6.45, 7) is 2.10. The van der Waals surface area contributed by atoms with Gasteiger partial charge in [-0.15, -0.1) is 5.73 Å². The topological polar surface area (TPSA) is 26.3 Å². The van der Waals surface area contributed by atoms with E-state index in [4.69, 9.17) is 4.74 Å². The van der Waals surface area contributed by atoms with Gasteiger partial charge in [0.2, 0.25) is 0 Å². The van der Waals surface area contributed by atoms with Crippen molar-refractivity contribution in [3.05, 3.63) is 53.8 Å². The molecule has 0 aromatic heterocycles. The van der Waals surface area contributed by atoms with Gasteiger partial charge in [0.25, 0.3) is 0 Å². The van der Waals surface area contributed by atoms with E-state index in [1.165, 1.54) is 6.08 Å². The van der Waals surface area contributed by atoms with Crippen LogP contribution in [0, 0.1) is 0 Å². The molecule has 0 spiro atoms. The quantitative estimate of drug-likeness (QED) is 0.414. The van der Waals surface area contributed by atoms with E-state index in [0.717, 1.165) is 5.56 Å². The molecule has 2 nitrogen and oxygen atoms in total. The van der Waals surface area contributed by atoms with Crippen molar-refractivity contribution in [1.82, 2.24) is 0 Å². The SMILES string of the molecule is CC=C=CC(=O)OCc1ccccc1. The molecular weight excluding hydrogens is 176 g/mol. The Labute approximate surface area is 83.5 Å². The first-order valence-electron chi connectivity index (χ1n) is 4.40. The zero-order chi connectivity index (χ0) is 10.2. The van der Waals surface area contributed by atoms with Crippen LogP contribution < -0.4 is 0 Å². The van der Waals surface area contributed by atoms with Gasteiger partial charge in [0.05, 0.1) is 6.08 Å². The molecule has 0 aliphatic heterocycles. The summed E-state index contributed by atoms with van der Waals surface area (Å²) in [5, 5.41) is 0. The molecule has 0 aliphatic rings. The van der Waals surface area contributed by atoms with Crippen molar-refractivity contribution in [2.45, 2.75) is 13.5 Å². The molecule has 1 aromatic rings. The Morgan fingerprint density at radius 2 is 2.14 bits per heavy atom. The molecule has 0 saturated carbocycles. The third-order valence-electron chi connectivity index (χ3n) is 1.59. The van der Waals surface area contributed by atoms with Gasteiger partial charge in [0.1, 0.15) is 6.61 Å². The summed E-state index contributed by atoms with van der Waals surface area (Å²) >= 11 is 0. The lowest BCUT2D eigenvalue weighted by Gasteiger charge is -2.00. The maximum Gasteiger partial charge on any atom is 0.338 e. The van der Waals surface area contributed by atoms with Gasteiger partial charge >= 0.3 is 5.97 Å². The Morgan fingerprint density at radius 1 is 1.43 bits per heavy atom. The van der Waals surface area contributed by atoms with Crippen LogP contribution in [0.15, 0.2) is 48.2 Å². The van der Waals surface area contributed by atoms with Crippen molar-refractivity contribution in [3.8, 4) is 0 Å². The lowest BCUT2D eigenvalue weighted by molar-refractivity contribution is -0.138. The molecule has 0 fully saturated rings. The molecular formula is C12H12O2. The van der Waals surface area contributed by atoms with Crippen LogP contribution in [0.3, 0.4) is 0 Å². The Kier molecular flexibility index (Phi) is 4.25. The van der Waals surface area contributed by atoms with E-state index < -0.39 is 0 Å². The average Bonchev–Trinajstić information content (AvgIpc) is 2.25. The number of benzene rings is 1. The third kappa shape index (κ3) is 3.74. The van der Waals surface area contributed by atoms with E-state index in [9.17, 15) is 4.79 Å². The van der Waals surface area contributed by atoms with Gasteiger partial charge < -0.3 is 4.74 Å². The molecule has 14 heavy (non-hydrogen) atoms. The summed E-state index contributed by atoms with van der Waals surface area (Å²) in [5.74, 6) is -0.369. The second kappa shape index (κ2) is 5.79. The fourth-order valence-electron chi connectivity index (χ4n) is 0.922. The zero-order valence-electron chi connectivity index (χ0n) is 8.07. The summed E-state index contributed by atoms with van der Waals surface area (Å²) in [6, 6.07) is 9.56. The van der Waals surface area contributed by atoms with E-state index in [1.54, 1.807) is 13.0 Å². The number of ether oxygens (including phenoxy) is 1. The minimum absolute atomic E-state index is 0.307. The van der Waals surface area contributed by atoms with Crippen LogP contribution in [0.25, 0.3) is 0 Å². The molecule has 2 heteroatoms. The van der Waals surface area contributed by atoms with Crippen molar-refractivity contribution in [2.75, 3.05) is 0 Å². The van der Waals surface area contributed by atoms with Crippen LogP contribution in [-0.2, 0) is 16.1 Å². The first-order valence-corrected chi connectivity index (χ1v) is 4.40. The van der Waals surface area contributed by atoms with Crippen LogP contribution in [-0.4, -0.2) is 5.97 Å². The number of rotatable bonds is 3. The molecule has 0 radical (unpaired) electrons. The Balaban J connectivity index is 2.42. The number of carbonyl (C=O) groups is 1. The second-order valence-electron chi connectivity index (χ2n) is 2.69. The highest BCUT2D eigenvalue weighted by atomic mass is 16.5. The summed E-state index contributed by atoms with van der Waals surface area (Å²) in [6.07, 6.45) is 2.94. The maximum atomic E-state index is 11.0. The van der Waals surface area contributed by atoms with Crippen LogP contribution >= 0.6 is 0 Å². The monoisotopic (exact) mass is 188 g/mol. The fraction of sp³-hybridized carbons (Fsp3) is 0.167. The van der Waals surface area contributed by atoms with Crippen LogP contribution in [0.1, 0.15) is 12.5 Å². The lowest BCUT2D eigenvalue weighted by Crippen LogP contribution is -1.99. The average molecular weight is 188 g/mol. The van der Waals surface area contributed by atoms with E-state index in [2.05, 4.69) is 5.73 Å². The van der Waals surface area contributed by atoms with Crippen molar-refractivity contribution >= 4 is 5.97 Å². The van der Waals surface area contributed by atoms with Crippen molar-refractivity contribution in [2.24, 2.45) is 0 Å². The van der Waals surface area contributed by atoms with E-state index in [-0.39, 0.29) is 5.97 Å². The number of carbonyl (C=O) groups excluding carboxylic acids is 1. The smallest absolute Gasteiger partial charge is 0.338 e. The molecule has 0 amide bonds. The van der Waals surface area contributed by atoms with Gasteiger partial charge in [-0.1, -0.05) is 30.3 Å². The molecule has 0 N–H and O–H groups in total. The van der Waals surface area contributed by atoms with Crippen LogP contribution in [0.2, 0.25) is 0 Å². The summed E-state index contributed by atoms with van der Waals surface area (Å²) in [7, 11) is 0. The molecule has 0 heterocycles. The Bertz CT molecular complexity index is 346. The normalized spacial score (nSPS) is 8.64. The second-order valence-corrected chi connectivity index (χ2v) is 2.69. The number of hydrogen-bond acceptors (Lipinski definition) is 2. The standard InChI is InChI=1S/C12H12O2/c1-2-3-9-12(13)14-10-11-7-5-4-6-8-11/h2,4-9H,10H2,1H3. The predicted molar refractivity (Wildman–Crippen MR) is 54.6 cm³/mol. The van der Waals surface area contributed by atoms with Gasteiger partial charge in [-0.3, -0.25) is 0 Å². The van der Waals surface area contributed by atoms with Gasteiger partial charge in [-0.2, -0.15) is 0 Å². The molecule has 0 unspecified atom stereocenters. The third-order valence-corrected chi connectivity index (χ3v) is 1.59. The molecule has 0 saturated heterocycles. The summed E-state index contributed by atoms with van der Waals surface area (Å²) in [4.78, 5) is 11.0.